The number of fused-ring (bicyclic) bond motifs is 1. The van der Waals surface area contributed by atoms with Gasteiger partial charge in [-0.3, -0.25) is 5.10 Å². The first-order valence-corrected chi connectivity index (χ1v) is 7.89. The summed E-state index contributed by atoms with van der Waals surface area (Å²) in [6.07, 6.45) is 0. The summed E-state index contributed by atoms with van der Waals surface area (Å²) < 4.78 is 1.66. The average Bonchev–Trinajstić information content (AvgIpc) is 3.16. The van der Waals surface area contributed by atoms with Crippen LogP contribution in [0.1, 0.15) is 5.69 Å². The third kappa shape index (κ3) is 2.18. The van der Waals surface area contributed by atoms with Gasteiger partial charge in [-0.05, 0) is 31.2 Å². The third-order valence-electron chi connectivity index (χ3n) is 3.08. The maximum Gasteiger partial charge on any atom is 0.235 e. The second-order valence-electron chi connectivity index (χ2n) is 4.69. The molecular formula is C13H8Cl2N6S. The van der Waals surface area contributed by atoms with Crippen LogP contribution in [-0.2, 0) is 0 Å². The number of nitrogens with zero attached hydrogens (tertiary/aromatic N) is 5. The van der Waals surface area contributed by atoms with Gasteiger partial charge in [0.05, 0.1) is 5.02 Å². The first-order chi connectivity index (χ1) is 10.6. The van der Waals surface area contributed by atoms with Gasteiger partial charge in [0.1, 0.15) is 10.7 Å². The van der Waals surface area contributed by atoms with Crippen LogP contribution >= 0.6 is 34.5 Å². The Balaban J connectivity index is 1.88. The summed E-state index contributed by atoms with van der Waals surface area (Å²) in [4.78, 5) is 0.668. The number of benzene rings is 1. The van der Waals surface area contributed by atoms with Crippen molar-refractivity contribution in [3.8, 4) is 22.1 Å². The van der Waals surface area contributed by atoms with E-state index in [2.05, 4.69) is 25.5 Å². The van der Waals surface area contributed by atoms with Gasteiger partial charge in [0.15, 0.2) is 0 Å². The van der Waals surface area contributed by atoms with E-state index in [0.717, 1.165) is 16.3 Å². The second kappa shape index (κ2) is 5.05. The number of aromatic amines is 1. The fourth-order valence-electron chi connectivity index (χ4n) is 2.08. The second-order valence-corrected chi connectivity index (χ2v) is 6.49. The Bertz CT molecular complexity index is 986. The molecule has 0 spiro atoms. The van der Waals surface area contributed by atoms with Gasteiger partial charge in [-0.25, -0.2) is 0 Å². The van der Waals surface area contributed by atoms with E-state index in [4.69, 9.17) is 23.2 Å². The van der Waals surface area contributed by atoms with Crippen molar-refractivity contribution in [2.24, 2.45) is 0 Å². The molecule has 0 atom stereocenters. The summed E-state index contributed by atoms with van der Waals surface area (Å²) >= 11 is 13.7. The number of aromatic nitrogens is 6. The fraction of sp³-hybridized carbons (Fsp3) is 0.0769. The number of H-pyrrole nitrogens is 1. The largest absolute Gasteiger partial charge is 0.282 e. The lowest BCUT2D eigenvalue weighted by molar-refractivity contribution is 0.952. The summed E-state index contributed by atoms with van der Waals surface area (Å²) in [5.41, 5.74) is 2.41. The smallest absolute Gasteiger partial charge is 0.235 e. The minimum absolute atomic E-state index is 0.583. The van der Waals surface area contributed by atoms with E-state index >= 15 is 0 Å². The van der Waals surface area contributed by atoms with Crippen LogP contribution in [0.15, 0.2) is 24.3 Å². The number of halogens is 2. The molecule has 0 aliphatic heterocycles. The van der Waals surface area contributed by atoms with Gasteiger partial charge in [0.2, 0.25) is 10.8 Å². The molecule has 0 bridgehead atoms. The lowest BCUT2D eigenvalue weighted by Crippen LogP contribution is -1.91. The van der Waals surface area contributed by atoms with Gasteiger partial charge >= 0.3 is 0 Å². The highest BCUT2D eigenvalue weighted by atomic mass is 35.5. The summed E-state index contributed by atoms with van der Waals surface area (Å²) in [5, 5.41) is 21.8. The molecule has 110 valence electrons. The van der Waals surface area contributed by atoms with Gasteiger partial charge in [0, 0.05) is 16.3 Å². The molecule has 0 unspecified atom stereocenters. The number of hydrogen-bond acceptors (Lipinski definition) is 5. The van der Waals surface area contributed by atoms with E-state index in [1.54, 1.807) is 22.7 Å². The predicted octanol–water partition coefficient (Wildman–Crippen LogP) is 3.86. The maximum atomic E-state index is 6.23. The SMILES string of the molecule is Cc1cc(-c2nnc3sc(-c4cc(Cl)ccc4Cl)nn23)n[nH]1. The minimum atomic E-state index is 0.583. The molecule has 4 aromatic rings. The molecule has 4 rings (SSSR count). The van der Waals surface area contributed by atoms with E-state index in [1.807, 2.05) is 13.0 Å². The van der Waals surface area contributed by atoms with Crippen LogP contribution in [0, 0.1) is 6.92 Å². The molecule has 1 N–H and O–H groups in total. The van der Waals surface area contributed by atoms with Crippen molar-refractivity contribution in [1.82, 2.24) is 30.0 Å². The molecule has 22 heavy (non-hydrogen) atoms. The molecule has 0 amide bonds. The third-order valence-corrected chi connectivity index (χ3v) is 4.58. The molecule has 0 aliphatic rings. The molecule has 0 fully saturated rings. The van der Waals surface area contributed by atoms with E-state index in [0.29, 0.717) is 26.5 Å². The van der Waals surface area contributed by atoms with Crippen LogP contribution in [0.3, 0.4) is 0 Å². The minimum Gasteiger partial charge on any atom is -0.282 e. The maximum absolute atomic E-state index is 6.23. The summed E-state index contributed by atoms with van der Waals surface area (Å²) in [5.74, 6) is 0.583. The van der Waals surface area contributed by atoms with Crippen LogP contribution in [0.2, 0.25) is 10.0 Å². The predicted molar refractivity (Wildman–Crippen MR) is 86.4 cm³/mol. The molecular weight excluding hydrogens is 343 g/mol. The van der Waals surface area contributed by atoms with Crippen molar-refractivity contribution in [2.45, 2.75) is 6.92 Å². The Kier molecular flexibility index (Phi) is 3.14. The molecule has 1 aromatic carbocycles. The number of nitrogens with one attached hydrogen (secondary N) is 1. The van der Waals surface area contributed by atoms with Crippen molar-refractivity contribution >= 4 is 39.5 Å². The van der Waals surface area contributed by atoms with Crippen LogP contribution in [0.4, 0.5) is 0 Å². The Morgan fingerprint density at radius 2 is 2.05 bits per heavy atom. The van der Waals surface area contributed by atoms with E-state index in [-0.39, 0.29) is 0 Å². The molecule has 3 heterocycles. The first-order valence-electron chi connectivity index (χ1n) is 6.32. The Morgan fingerprint density at radius 3 is 2.82 bits per heavy atom. The van der Waals surface area contributed by atoms with Crippen LogP contribution in [0.5, 0.6) is 0 Å². The van der Waals surface area contributed by atoms with E-state index < -0.39 is 0 Å². The van der Waals surface area contributed by atoms with Gasteiger partial charge in [0.25, 0.3) is 0 Å². The van der Waals surface area contributed by atoms with Crippen molar-refractivity contribution in [1.29, 1.82) is 0 Å². The molecule has 3 aromatic heterocycles. The zero-order valence-electron chi connectivity index (χ0n) is 11.2. The lowest BCUT2D eigenvalue weighted by Gasteiger charge is -1.99. The highest BCUT2D eigenvalue weighted by Gasteiger charge is 2.17. The first kappa shape index (κ1) is 13.7. The zero-order chi connectivity index (χ0) is 15.3. The van der Waals surface area contributed by atoms with Crippen molar-refractivity contribution < 1.29 is 0 Å². The summed E-state index contributed by atoms with van der Waals surface area (Å²) in [6.45, 7) is 1.92. The molecule has 0 aliphatic carbocycles. The quantitative estimate of drug-likeness (QED) is 0.595. The average molecular weight is 351 g/mol. The van der Waals surface area contributed by atoms with Crippen molar-refractivity contribution in [2.75, 3.05) is 0 Å². The van der Waals surface area contributed by atoms with Crippen molar-refractivity contribution in [3.63, 3.8) is 0 Å². The topological polar surface area (TPSA) is 71.8 Å². The monoisotopic (exact) mass is 350 g/mol. The zero-order valence-corrected chi connectivity index (χ0v) is 13.5. The molecule has 0 saturated heterocycles. The molecule has 9 heteroatoms. The Labute approximate surface area is 138 Å². The molecule has 0 radical (unpaired) electrons. The molecule has 6 nitrogen and oxygen atoms in total. The van der Waals surface area contributed by atoms with Gasteiger partial charge in [-0.15, -0.1) is 10.2 Å². The fourth-order valence-corrected chi connectivity index (χ4v) is 3.38. The van der Waals surface area contributed by atoms with Crippen LogP contribution in [-0.4, -0.2) is 30.0 Å². The molecule has 0 saturated carbocycles. The number of hydrogen-bond donors (Lipinski definition) is 1. The summed E-state index contributed by atoms with van der Waals surface area (Å²) in [6, 6.07) is 7.17. The van der Waals surface area contributed by atoms with Gasteiger partial charge < -0.3 is 0 Å². The Hall–Kier alpha value is -1.96. The number of rotatable bonds is 2. The van der Waals surface area contributed by atoms with Crippen LogP contribution < -0.4 is 0 Å². The standard InChI is InChI=1S/C13H8Cl2N6S/c1-6-4-10(17-16-6)11-18-19-13-21(11)20-12(22-13)8-5-7(14)2-3-9(8)15/h2-5H,1H3,(H,16,17). The highest BCUT2D eigenvalue weighted by Crippen LogP contribution is 2.34. The van der Waals surface area contributed by atoms with Crippen LogP contribution in [0.25, 0.3) is 27.1 Å². The van der Waals surface area contributed by atoms with E-state index in [9.17, 15) is 0 Å². The number of aryl methyl sites for hydroxylation is 1. The summed E-state index contributed by atoms with van der Waals surface area (Å²) in [7, 11) is 0. The van der Waals surface area contributed by atoms with Gasteiger partial charge in [-0.1, -0.05) is 34.5 Å². The Morgan fingerprint density at radius 1 is 1.18 bits per heavy atom. The normalized spacial score (nSPS) is 11.4. The van der Waals surface area contributed by atoms with Crippen molar-refractivity contribution in [3.05, 3.63) is 40.0 Å². The van der Waals surface area contributed by atoms with Gasteiger partial charge in [-0.2, -0.15) is 14.7 Å². The van der Waals surface area contributed by atoms with E-state index in [1.165, 1.54) is 11.3 Å². The lowest BCUT2D eigenvalue weighted by atomic mass is 10.2. The highest BCUT2D eigenvalue weighted by molar-refractivity contribution is 7.19.